The lowest BCUT2D eigenvalue weighted by molar-refractivity contribution is -0.118. The van der Waals surface area contributed by atoms with Crippen molar-refractivity contribution >= 4 is 17.5 Å². The predicted octanol–water partition coefficient (Wildman–Crippen LogP) is 1.48. The zero-order chi connectivity index (χ0) is 13.4. The fraction of sp³-hybridized carbons (Fsp3) is 0.462. The van der Waals surface area contributed by atoms with Crippen LogP contribution in [0.3, 0.4) is 0 Å². The van der Waals surface area contributed by atoms with E-state index < -0.39 is 0 Å². The van der Waals surface area contributed by atoms with E-state index in [1.165, 1.54) is 0 Å². The molecule has 1 N–H and O–H groups in total. The molecule has 0 radical (unpaired) electrons. The van der Waals surface area contributed by atoms with Gasteiger partial charge in [-0.3, -0.25) is 4.79 Å². The van der Waals surface area contributed by atoms with Gasteiger partial charge in [-0.25, -0.2) is 0 Å². The molecule has 0 fully saturated rings. The number of benzene rings is 1. The normalized spacial score (nSPS) is 10.4. The van der Waals surface area contributed by atoms with E-state index in [0.29, 0.717) is 13.2 Å². The minimum absolute atomic E-state index is 0.0149. The number of nitrogens with one attached hydrogen (secondary N) is 1. The maximum atomic E-state index is 11.0. The molecule has 0 saturated carbocycles. The van der Waals surface area contributed by atoms with Crippen LogP contribution in [0.5, 0.6) is 5.75 Å². The van der Waals surface area contributed by atoms with Crippen LogP contribution in [0.15, 0.2) is 24.3 Å². The maximum Gasteiger partial charge on any atom is 0.235 e. The highest BCUT2D eigenvalue weighted by Crippen LogP contribution is 2.13. The maximum absolute atomic E-state index is 11.0. The second-order valence-corrected chi connectivity index (χ2v) is 4.48. The first kappa shape index (κ1) is 14.8. The lowest BCUT2D eigenvalue weighted by atomic mass is 10.2. The molecule has 5 heteroatoms. The van der Waals surface area contributed by atoms with Gasteiger partial charge in [0, 0.05) is 13.1 Å². The van der Waals surface area contributed by atoms with Crippen molar-refractivity contribution in [2.24, 2.45) is 0 Å². The Morgan fingerprint density at radius 3 is 2.89 bits per heavy atom. The molecule has 1 aromatic rings. The summed E-state index contributed by atoms with van der Waals surface area (Å²) in [4.78, 5) is 13.1. The minimum atomic E-state index is -0.171. The molecule has 0 aliphatic rings. The number of alkyl halides is 1. The topological polar surface area (TPSA) is 41.6 Å². The molecule has 0 bridgehead atoms. The molecule has 4 nitrogen and oxygen atoms in total. The van der Waals surface area contributed by atoms with Crippen LogP contribution in [0.4, 0.5) is 0 Å². The third kappa shape index (κ3) is 5.89. The molecule has 1 amide bonds. The van der Waals surface area contributed by atoms with Crippen LogP contribution < -0.4 is 10.1 Å². The van der Waals surface area contributed by atoms with E-state index in [1.807, 2.05) is 38.4 Å². The molecule has 0 aromatic heterocycles. The van der Waals surface area contributed by atoms with Gasteiger partial charge in [0.2, 0.25) is 5.91 Å². The number of amides is 1. The molecule has 0 heterocycles. The van der Waals surface area contributed by atoms with Crippen molar-refractivity contribution < 1.29 is 9.53 Å². The standard InChI is InChI=1S/C13H19ClN2O2/c1-16(2)6-7-18-12-5-3-4-11(8-12)10-15-13(17)9-14/h3-5,8H,6-7,9-10H2,1-2H3,(H,15,17). The van der Waals surface area contributed by atoms with Gasteiger partial charge in [-0.15, -0.1) is 11.6 Å². The van der Waals surface area contributed by atoms with E-state index in [1.54, 1.807) is 0 Å². The first-order valence-electron chi connectivity index (χ1n) is 5.81. The van der Waals surface area contributed by atoms with Crippen molar-refractivity contribution in [3.63, 3.8) is 0 Å². The first-order chi connectivity index (χ1) is 8.61. The quantitative estimate of drug-likeness (QED) is 0.763. The van der Waals surface area contributed by atoms with Gasteiger partial charge in [0.25, 0.3) is 0 Å². The molecule has 0 unspecified atom stereocenters. The van der Waals surface area contributed by atoms with Crippen molar-refractivity contribution in [1.82, 2.24) is 10.2 Å². The summed E-state index contributed by atoms with van der Waals surface area (Å²) in [6.07, 6.45) is 0. The van der Waals surface area contributed by atoms with Crippen LogP contribution in [0.25, 0.3) is 0 Å². The van der Waals surface area contributed by atoms with Crippen LogP contribution in [-0.4, -0.2) is 43.9 Å². The second-order valence-electron chi connectivity index (χ2n) is 4.21. The number of ether oxygens (including phenoxy) is 1. The van der Waals surface area contributed by atoms with Crippen molar-refractivity contribution in [2.45, 2.75) is 6.54 Å². The summed E-state index contributed by atoms with van der Waals surface area (Å²) in [5.41, 5.74) is 0.996. The van der Waals surface area contributed by atoms with Crippen molar-refractivity contribution in [2.75, 3.05) is 33.1 Å². The molecule has 0 aliphatic heterocycles. The van der Waals surface area contributed by atoms with Crippen LogP contribution in [-0.2, 0) is 11.3 Å². The highest BCUT2D eigenvalue weighted by molar-refractivity contribution is 6.27. The molecule has 0 saturated heterocycles. The third-order valence-corrected chi connectivity index (χ3v) is 2.56. The number of hydrogen-bond acceptors (Lipinski definition) is 3. The summed E-state index contributed by atoms with van der Waals surface area (Å²) < 4.78 is 5.61. The third-order valence-electron chi connectivity index (χ3n) is 2.32. The molecular weight excluding hydrogens is 252 g/mol. The Hall–Kier alpha value is -1.26. The average Bonchev–Trinajstić information content (AvgIpc) is 2.36. The fourth-order valence-electron chi connectivity index (χ4n) is 1.34. The molecule has 1 rings (SSSR count). The number of hydrogen-bond donors (Lipinski definition) is 1. The lowest BCUT2D eigenvalue weighted by Crippen LogP contribution is -2.23. The average molecular weight is 271 g/mol. The second kappa shape index (κ2) is 7.95. The highest BCUT2D eigenvalue weighted by atomic mass is 35.5. The van der Waals surface area contributed by atoms with Gasteiger partial charge >= 0.3 is 0 Å². The van der Waals surface area contributed by atoms with Crippen LogP contribution in [0.2, 0.25) is 0 Å². The molecule has 100 valence electrons. The number of rotatable bonds is 7. The lowest BCUT2D eigenvalue weighted by Gasteiger charge is -2.12. The van der Waals surface area contributed by atoms with Crippen molar-refractivity contribution in [1.29, 1.82) is 0 Å². The Kier molecular flexibility index (Phi) is 6.54. The summed E-state index contributed by atoms with van der Waals surface area (Å²) in [7, 11) is 4.00. The molecule has 0 spiro atoms. The Morgan fingerprint density at radius 2 is 2.22 bits per heavy atom. The van der Waals surface area contributed by atoms with Gasteiger partial charge in [0.1, 0.15) is 18.2 Å². The van der Waals surface area contributed by atoms with E-state index >= 15 is 0 Å². The van der Waals surface area contributed by atoms with E-state index in [-0.39, 0.29) is 11.8 Å². The van der Waals surface area contributed by atoms with Gasteiger partial charge in [0.05, 0.1) is 0 Å². The zero-order valence-electron chi connectivity index (χ0n) is 10.8. The fourth-order valence-corrected chi connectivity index (χ4v) is 1.43. The number of carbonyl (C=O) groups is 1. The molecular formula is C13H19ClN2O2. The van der Waals surface area contributed by atoms with Gasteiger partial charge in [-0.1, -0.05) is 12.1 Å². The largest absolute Gasteiger partial charge is 0.492 e. The van der Waals surface area contributed by atoms with Gasteiger partial charge in [-0.05, 0) is 31.8 Å². The summed E-state index contributed by atoms with van der Waals surface area (Å²) in [6.45, 7) is 1.98. The molecule has 0 atom stereocenters. The smallest absolute Gasteiger partial charge is 0.235 e. The van der Waals surface area contributed by atoms with Crippen LogP contribution in [0, 0.1) is 0 Å². The summed E-state index contributed by atoms with van der Waals surface area (Å²) in [5.74, 6) is 0.629. The number of carbonyl (C=O) groups excluding carboxylic acids is 1. The van der Waals surface area contributed by atoms with Crippen molar-refractivity contribution in [3.05, 3.63) is 29.8 Å². The summed E-state index contributed by atoms with van der Waals surface area (Å²) in [5, 5.41) is 2.72. The van der Waals surface area contributed by atoms with E-state index in [4.69, 9.17) is 16.3 Å². The minimum Gasteiger partial charge on any atom is -0.492 e. The number of halogens is 1. The van der Waals surface area contributed by atoms with E-state index in [2.05, 4.69) is 10.2 Å². The monoisotopic (exact) mass is 270 g/mol. The van der Waals surface area contributed by atoms with Gasteiger partial charge in [0.15, 0.2) is 0 Å². The Morgan fingerprint density at radius 1 is 1.44 bits per heavy atom. The predicted molar refractivity (Wildman–Crippen MR) is 73.1 cm³/mol. The number of likely N-dealkylation sites (N-methyl/N-ethyl adjacent to an activating group) is 1. The Bertz CT molecular complexity index is 383. The summed E-state index contributed by atoms with van der Waals surface area (Å²) in [6, 6.07) is 7.67. The van der Waals surface area contributed by atoms with E-state index in [0.717, 1.165) is 17.9 Å². The zero-order valence-corrected chi connectivity index (χ0v) is 11.5. The Balaban J connectivity index is 2.43. The SMILES string of the molecule is CN(C)CCOc1cccc(CNC(=O)CCl)c1. The first-order valence-corrected chi connectivity index (χ1v) is 6.34. The van der Waals surface area contributed by atoms with Crippen LogP contribution in [0.1, 0.15) is 5.56 Å². The van der Waals surface area contributed by atoms with Crippen LogP contribution >= 0.6 is 11.6 Å². The van der Waals surface area contributed by atoms with Crippen molar-refractivity contribution in [3.8, 4) is 5.75 Å². The molecule has 18 heavy (non-hydrogen) atoms. The summed E-state index contributed by atoms with van der Waals surface area (Å²) >= 11 is 5.41. The van der Waals surface area contributed by atoms with Gasteiger partial charge in [-0.2, -0.15) is 0 Å². The van der Waals surface area contributed by atoms with Gasteiger partial charge < -0.3 is 15.0 Å². The molecule has 0 aliphatic carbocycles. The molecule has 1 aromatic carbocycles. The highest BCUT2D eigenvalue weighted by Gasteiger charge is 2.00. The number of nitrogens with zero attached hydrogens (tertiary/aromatic N) is 1. The Labute approximate surface area is 113 Å². The van der Waals surface area contributed by atoms with E-state index in [9.17, 15) is 4.79 Å².